The molecule has 4 heteroatoms. The molecule has 3 nitrogen and oxygen atoms in total. The molecule has 0 saturated heterocycles. The van der Waals surface area contributed by atoms with Crippen LogP contribution in [0.5, 0.6) is 0 Å². The van der Waals surface area contributed by atoms with E-state index in [-0.39, 0.29) is 6.10 Å². The smallest absolute Gasteiger partial charge is 0.0761 e. The quantitative estimate of drug-likeness (QED) is 0.901. The molecule has 2 rings (SSSR count). The third kappa shape index (κ3) is 2.99. The Kier molecular flexibility index (Phi) is 4.53. The number of nitrogens with zero attached hydrogens (tertiary/aromatic N) is 1. The van der Waals surface area contributed by atoms with E-state index in [0.717, 1.165) is 34.6 Å². The fourth-order valence-electron chi connectivity index (χ4n) is 1.83. The van der Waals surface area contributed by atoms with E-state index in [1.165, 1.54) is 0 Å². The molecule has 1 N–H and O–H groups in total. The van der Waals surface area contributed by atoms with Crippen LogP contribution < -0.4 is 5.32 Å². The van der Waals surface area contributed by atoms with E-state index >= 15 is 0 Å². The monoisotopic (exact) mass is 264 g/mol. The Morgan fingerprint density at radius 2 is 2.22 bits per heavy atom. The molecule has 0 saturated carbocycles. The molecule has 0 spiro atoms. The second kappa shape index (κ2) is 6.14. The number of benzene rings is 1. The van der Waals surface area contributed by atoms with E-state index in [1.807, 2.05) is 31.2 Å². The van der Waals surface area contributed by atoms with Crippen molar-refractivity contribution in [1.29, 1.82) is 0 Å². The molecule has 96 valence electrons. The molecule has 0 aliphatic carbocycles. The van der Waals surface area contributed by atoms with Crippen LogP contribution >= 0.6 is 11.6 Å². The van der Waals surface area contributed by atoms with Crippen molar-refractivity contribution >= 4 is 22.5 Å². The largest absolute Gasteiger partial charge is 0.380 e. The lowest BCUT2D eigenvalue weighted by Gasteiger charge is -2.12. The standard InChI is InChI=1S/C14H17ClN2O/c1-10(18-2)8-16-9-11-5-6-13(15)12-4-3-7-17-14(11)12/h3-7,10,16H,8-9H2,1-2H3. The summed E-state index contributed by atoms with van der Waals surface area (Å²) in [6, 6.07) is 7.83. The zero-order valence-electron chi connectivity index (χ0n) is 10.6. The average molecular weight is 265 g/mol. The summed E-state index contributed by atoms with van der Waals surface area (Å²) in [4.78, 5) is 4.40. The van der Waals surface area contributed by atoms with Crippen molar-refractivity contribution in [1.82, 2.24) is 10.3 Å². The molecule has 1 unspecified atom stereocenters. The van der Waals surface area contributed by atoms with E-state index in [2.05, 4.69) is 10.3 Å². The first-order valence-electron chi connectivity index (χ1n) is 5.98. The number of rotatable bonds is 5. The van der Waals surface area contributed by atoms with E-state index in [4.69, 9.17) is 16.3 Å². The summed E-state index contributed by atoms with van der Waals surface area (Å²) < 4.78 is 5.20. The molecule has 0 aliphatic heterocycles. The molecule has 2 aromatic rings. The van der Waals surface area contributed by atoms with Crippen LogP contribution in [0, 0.1) is 0 Å². The topological polar surface area (TPSA) is 34.1 Å². The number of hydrogen-bond acceptors (Lipinski definition) is 3. The lowest BCUT2D eigenvalue weighted by Crippen LogP contribution is -2.25. The zero-order valence-corrected chi connectivity index (χ0v) is 11.4. The van der Waals surface area contributed by atoms with Crippen molar-refractivity contribution in [2.24, 2.45) is 0 Å². The minimum Gasteiger partial charge on any atom is -0.380 e. The van der Waals surface area contributed by atoms with Crippen LogP contribution in [0.3, 0.4) is 0 Å². The van der Waals surface area contributed by atoms with Gasteiger partial charge in [-0.1, -0.05) is 17.7 Å². The first-order chi connectivity index (χ1) is 8.72. The van der Waals surface area contributed by atoms with Crippen molar-refractivity contribution in [2.75, 3.05) is 13.7 Å². The van der Waals surface area contributed by atoms with Crippen LogP contribution in [-0.4, -0.2) is 24.7 Å². The lowest BCUT2D eigenvalue weighted by molar-refractivity contribution is 0.117. The molecule has 1 atom stereocenters. The molecular weight excluding hydrogens is 248 g/mol. The van der Waals surface area contributed by atoms with Gasteiger partial charge in [0.2, 0.25) is 0 Å². The first-order valence-corrected chi connectivity index (χ1v) is 6.35. The van der Waals surface area contributed by atoms with Gasteiger partial charge in [0.25, 0.3) is 0 Å². The highest BCUT2D eigenvalue weighted by Gasteiger charge is 2.06. The predicted molar refractivity (Wildman–Crippen MR) is 74.9 cm³/mol. The highest BCUT2D eigenvalue weighted by Crippen LogP contribution is 2.24. The number of fused-ring (bicyclic) bond motifs is 1. The van der Waals surface area contributed by atoms with Crippen LogP contribution in [0.25, 0.3) is 10.9 Å². The van der Waals surface area contributed by atoms with Gasteiger partial charge < -0.3 is 10.1 Å². The lowest BCUT2D eigenvalue weighted by atomic mass is 10.1. The van der Waals surface area contributed by atoms with Crippen LogP contribution in [0.2, 0.25) is 5.02 Å². The summed E-state index contributed by atoms with van der Waals surface area (Å²) >= 11 is 6.16. The van der Waals surface area contributed by atoms with Gasteiger partial charge in [0.15, 0.2) is 0 Å². The SMILES string of the molecule is COC(C)CNCc1ccc(Cl)c2cccnc12. The Morgan fingerprint density at radius 1 is 1.39 bits per heavy atom. The summed E-state index contributed by atoms with van der Waals surface area (Å²) in [6.07, 6.45) is 2.00. The highest BCUT2D eigenvalue weighted by molar-refractivity contribution is 6.35. The summed E-state index contributed by atoms with van der Waals surface area (Å²) in [5.41, 5.74) is 2.11. The molecular formula is C14H17ClN2O. The minimum atomic E-state index is 0.205. The van der Waals surface area contributed by atoms with Gasteiger partial charge in [-0.2, -0.15) is 0 Å². The van der Waals surface area contributed by atoms with Gasteiger partial charge in [-0.25, -0.2) is 0 Å². The van der Waals surface area contributed by atoms with E-state index in [9.17, 15) is 0 Å². The van der Waals surface area contributed by atoms with E-state index in [1.54, 1.807) is 13.3 Å². The van der Waals surface area contributed by atoms with E-state index < -0.39 is 0 Å². The number of ether oxygens (including phenoxy) is 1. The zero-order chi connectivity index (χ0) is 13.0. The number of halogens is 1. The van der Waals surface area contributed by atoms with Crippen molar-refractivity contribution in [2.45, 2.75) is 19.6 Å². The molecule has 1 aromatic heterocycles. The number of aromatic nitrogens is 1. The summed E-state index contributed by atoms with van der Waals surface area (Å²) in [5, 5.41) is 5.10. The van der Waals surface area contributed by atoms with Crippen molar-refractivity contribution in [3.63, 3.8) is 0 Å². The average Bonchev–Trinajstić information content (AvgIpc) is 2.41. The molecule has 0 radical (unpaired) electrons. The molecule has 0 amide bonds. The maximum Gasteiger partial charge on any atom is 0.0761 e. The maximum absolute atomic E-state index is 6.16. The normalized spacial score (nSPS) is 12.8. The van der Waals surface area contributed by atoms with Gasteiger partial charge in [0, 0.05) is 36.8 Å². The van der Waals surface area contributed by atoms with E-state index in [0.29, 0.717) is 0 Å². The summed E-state index contributed by atoms with van der Waals surface area (Å²) in [6.45, 7) is 3.61. The van der Waals surface area contributed by atoms with Gasteiger partial charge in [-0.3, -0.25) is 4.98 Å². The molecule has 0 bridgehead atoms. The number of hydrogen-bond donors (Lipinski definition) is 1. The Balaban J connectivity index is 2.16. The second-order valence-corrected chi connectivity index (χ2v) is 4.69. The summed E-state index contributed by atoms with van der Waals surface area (Å²) in [7, 11) is 1.71. The van der Waals surface area contributed by atoms with Crippen molar-refractivity contribution < 1.29 is 4.74 Å². The Morgan fingerprint density at radius 3 is 3.00 bits per heavy atom. The Hall–Kier alpha value is -1.16. The van der Waals surface area contributed by atoms with Gasteiger partial charge in [-0.15, -0.1) is 0 Å². The highest BCUT2D eigenvalue weighted by atomic mass is 35.5. The first kappa shape index (κ1) is 13.3. The predicted octanol–water partition coefficient (Wildman–Crippen LogP) is 3.01. The fourth-order valence-corrected chi connectivity index (χ4v) is 2.05. The molecule has 0 fully saturated rings. The van der Waals surface area contributed by atoms with Crippen LogP contribution in [0.1, 0.15) is 12.5 Å². The fraction of sp³-hybridized carbons (Fsp3) is 0.357. The number of pyridine rings is 1. The van der Waals surface area contributed by atoms with Crippen LogP contribution in [0.15, 0.2) is 30.5 Å². The minimum absolute atomic E-state index is 0.205. The van der Waals surface area contributed by atoms with Gasteiger partial charge >= 0.3 is 0 Å². The van der Waals surface area contributed by atoms with Crippen molar-refractivity contribution in [3.8, 4) is 0 Å². The second-order valence-electron chi connectivity index (χ2n) is 4.28. The molecule has 0 aliphatic rings. The van der Waals surface area contributed by atoms with Gasteiger partial charge in [0.05, 0.1) is 11.6 Å². The van der Waals surface area contributed by atoms with Crippen LogP contribution in [0.4, 0.5) is 0 Å². The number of nitrogens with one attached hydrogen (secondary N) is 1. The molecule has 1 heterocycles. The third-order valence-corrected chi connectivity index (χ3v) is 3.28. The molecule has 18 heavy (non-hydrogen) atoms. The van der Waals surface area contributed by atoms with Gasteiger partial charge in [-0.05, 0) is 30.7 Å². The van der Waals surface area contributed by atoms with Crippen molar-refractivity contribution in [3.05, 3.63) is 41.0 Å². The number of methoxy groups -OCH3 is 1. The molecule has 1 aromatic carbocycles. The summed E-state index contributed by atoms with van der Waals surface area (Å²) in [5.74, 6) is 0. The third-order valence-electron chi connectivity index (χ3n) is 2.95. The van der Waals surface area contributed by atoms with Crippen LogP contribution in [-0.2, 0) is 11.3 Å². The Bertz CT molecular complexity index is 530. The Labute approximate surface area is 112 Å². The van der Waals surface area contributed by atoms with Gasteiger partial charge in [0.1, 0.15) is 0 Å². The maximum atomic E-state index is 6.16.